The summed E-state index contributed by atoms with van der Waals surface area (Å²) in [5, 5.41) is 8.54. The van der Waals surface area contributed by atoms with Gasteiger partial charge in [0.15, 0.2) is 0 Å². The number of carboxylic acids is 1. The van der Waals surface area contributed by atoms with Crippen molar-refractivity contribution in [3.63, 3.8) is 0 Å². The number of aryl methyl sites for hydroxylation is 1. The number of carbonyl (C=O) groups is 1. The maximum atomic E-state index is 11.0. The van der Waals surface area contributed by atoms with Gasteiger partial charge in [0.1, 0.15) is 11.9 Å². The van der Waals surface area contributed by atoms with Crippen LogP contribution in [0.4, 0.5) is 0 Å². The standard InChI is InChI=1S/C8H11N3O3/c1-4-2-7(12)11-6(10-4)3-5(9)8(13)14/h2,5H,3,9H2,1H3,(H,13,14)(H,10,11,12). The normalized spacial score (nSPS) is 12.4. The number of nitrogens with two attached hydrogens (primary N) is 1. The number of hydrogen-bond donors (Lipinski definition) is 3. The third kappa shape index (κ3) is 2.67. The summed E-state index contributed by atoms with van der Waals surface area (Å²) >= 11 is 0. The summed E-state index contributed by atoms with van der Waals surface area (Å²) in [5.74, 6) is -0.820. The van der Waals surface area contributed by atoms with Crippen LogP contribution in [0.3, 0.4) is 0 Å². The SMILES string of the molecule is Cc1cc(=O)[nH]c(CC(N)C(=O)O)n1. The van der Waals surface area contributed by atoms with Gasteiger partial charge in [0.25, 0.3) is 5.56 Å². The van der Waals surface area contributed by atoms with E-state index in [2.05, 4.69) is 9.97 Å². The van der Waals surface area contributed by atoms with Gasteiger partial charge < -0.3 is 15.8 Å². The van der Waals surface area contributed by atoms with Crippen LogP contribution >= 0.6 is 0 Å². The monoisotopic (exact) mass is 197 g/mol. The average Bonchev–Trinajstić information content (AvgIpc) is 2.01. The molecule has 0 bridgehead atoms. The molecule has 0 aromatic carbocycles. The van der Waals surface area contributed by atoms with Gasteiger partial charge in [-0.3, -0.25) is 9.59 Å². The van der Waals surface area contributed by atoms with Crippen LogP contribution < -0.4 is 11.3 Å². The Balaban J connectivity index is 2.87. The summed E-state index contributed by atoms with van der Waals surface area (Å²) in [6.45, 7) is 1.66. The van der Waals surface area contributed by atoms with E-state index in [1.807, 2.05) is 0 Å². The maximum absolute atomic E-state index is 11.0. The molecule has 14 heavy (non-hydrogen) atoms. The molecule has 0 saturated heterocycles. The zero-order valence-corrected chi connectivity index (χ0v) is 7.65. The van der Waals surface area contributed by atoms with E-state index in [1.165, 1.54) is 6.07 Å². The molecule has 1 aromatic heterocycles. The van der Waals surface area contributed by atoms with Crippen LogP contribution in [-0.2, 0) is 11.2 Å². The van der Waals surface area contributed by atoms with Crippen molar-refractivity contribution in [3.05, 3.63) is 27.9 Å². The number of aromatic nitrogens is 2. The molecule has 0 saturated carbocycles. The molecule has 76 valence electrons. The summed E-state index contributed by atoms with van der Waals surface area (Å²) in [5.41, 5.74) is 5.53. The molecule has 0 spiro atoms. The molecular weight excluding hydrogens is 186 g/mol. The second-order valence-electron chi connectivity index (χ2n) is 2.98. The predicted octanol–water partition coefficient (Wildman–Crippen LogP) is -0.967. The number of aromatic amines is 1. The molecule has 0 amide bonds. The second kappa shape index (κ2) is 4.01. The first-order valence-corrected chi connectivity index (χ1v) is 4.04. The highest BCUT2D eigenvalue weighted by atomic mass is 16.4. The first-order valence-electron chi connectivity index (χ1n) is 4.04. The minimum absolute atomic E-state index is 0.0201. The summed E-state index contributed by atoms with van der Waals surface area (Å²) in [6.07, 6.45) is 0.0201. The van der Waals surface area contributed by atoms with E-state index in [9.17, 15) is 9.59 Å². The molecule has 0 aliphatic carbocycles. The van der Waals surface area contributed by atoms with Crippen LogP contribution in [0, 0.1) is 6.92 Å². The lowest BCUT2D eigenvalue weighted by Gasteiger charge is -2.05. The van der Waals surface area contributed by atoms with Crippen LogP contribution in [0.1, 0.15) is 11.5 Å². The average molecular weight is 197 g/mol. The molecule has 4 N–H and O–H groups in total. The Morgan fingerprint density at radius 3 is 2.93 bits per heavy atom. The Bertz CT molecular complexity index is 399. The minimum Gasteiger partial charge on any atom is -0.480 e. The Hall–Kier alpha value is -1.69. The fraction of sp³-hybridized carbons (Fsp3) is 0.375. The van der Waals surface area contributed by atoms with Crippen LogP contribution in [0.2, 0.25) is 0 Å². The molecule has 0 radical (unpaired) electrons. The fourth-order valence-corrected chi connectivity index (χ4v) is 1.03. The summed E-state index contributed by atoms with van der Waals surface area (Å²) < 4.78 is 0. The van der Waals surface area contributed by atoms with Gasteiger partial charge in [0.2, 0.25) is 0 Å². The number of nitrogens with one attached hydrogen (secondary N) is 1. The second-order valence-corrected chi connectivity index (χ2v) is 2.98. The number of rotatable bonds is 3. The van der Waals surface area contributed by atoms with Gasteiger partial charge in [-0.1, -0.05) is 0 Å². The van der Waals surface area contributed by atoms with E-state index in [-0.39, 0.29) is 12.0 Å². The van der Waals surface area contributed by atoms with Crippen molar-refractivity contribution in [2.24, 2.45) is 5.73 Å². The number of H-pyrrole nitrogens is 1. The first kappa shape index (κ1) is 10.4. The van der Waals surface area contributed by atoms with Gasteiger partial charge in [0, 0.05) is 18.2 Å². The van der Waals surface area contributed by atoms with Crippen molar-refractivity contribution < 1.29 is 9.90 Å². The molecule has 1 unspecified atom stereocenters. The van der Waals surface area contributed by atoms with Gasteiger partial charge >= 0.3 is 5.97 Å². The predicted molar refractivity (Wildman–Crippen MR) is 48.9 cm³/mol. The number of carboxylic acid groups (broad SMARTS) is 1. The molecule has 1 aromatic rings. The van der Waals surface area contributed by atoms with Crippen molar-refractivity contribution in [2.45, 2.75) is 19.4 Å². The zero-order valence-electron chi connectivity index (χ0n) is 7.65. The molecular formula is C8H11N3O3. The lowest BCUT2D eigenvalue weighted by atomic mass is 10.2. The number of aliphatic carboxylic acids is 1. The molecule has 0 aliphatic heterocycles. The first-order chi connectivity index (χ1) is 6.49. The third-order valence-electron chi connectivity index (χ3n) is 1.65. The van der Waals surface area contributed by atoms with Gasteiger partial charge in [-0.2, -0.15) is 0 Å². The maximum Gasteiger partial charge on any atom is 0.320 e. The molecule has 0 aliphatic rings. The Morgan fingerprint density at radius 2 is 2.43 bits per heavy atom. The van der Waals surface area contributed by atoms with Crippen LogP contribution in [0.5, 0.6) is 0 Å². The fourth-order valence-electron chi connectivity index (χ4n) is 1.03. The number of nitrogens with zero attached hydrogens (tertiary/aromatic N) is 1. The highest BCUT2D eigenvalue weighted by Crippen LogP contribution is 1.94. The quantitative estimate of drug-likeness (QED) is 0.577. The third-order valence-corrected chi connectivity index (χ3v) is 1.65. The number of hydrogen-bond acceptors (Lipinski definition) is 4. The smallest absolute Gasteiger partial charge is 0.320 e. The summed E-state index contributed by atoms with van der Waals surface area (Å²) in [4.78, 5) is 27.8. The Labute approximate surface area is 79.8 Å². The van der Waals surface area contributed by atoms with Crippen molar-refractivity contribution in [1.82, 2.24) is 9.97 Å². The highest BCUT2D eigenvalue weighted by Gasteiger charge is 2.13. The van der Waals surface area contributed by atoms with E-state index in [1.54, 1.807) is 6.92 Å². The summed E-state index contributed by atoms with van der Waals surface area (Å²) in [6, 6.07) is 0.287. The molecule has 6 heteroatoms. The molecule has 0 fully saturated rings. The van der Waals surface area contributed by atoms with Gasteiger partial charge in [-0.25, -0.2) is 4.98 Å². The Morgan fingerprint density at radius 1 is 1.79 bits per heavy atom. The van der Waals surface area contributed by atoms with Crippen molar-refractivity contribution in [1.29, 1.82) is 0 Å². The van der Waals surface area contributed by atoms with E-state index < -0.39 is 12.0 Å². The van der Waals surface area contributed by atoms with Crippen LogP contribution in [-0.4, -0.2) is 27.1 Å². The van der Waals surface area contributed by atoms with Gasteiger partial charge in [-0.05, 0) is 6.92 Å². The van der Waals surface area contributed by atoms with Crippen LogP contribution in [0.15, 0.2) is 10.9 Å². The lowest BCUT2D eigenvalue weighted by molar-refractivity contribution is -0.138. The molecule has 1 atom stereocenters. The van der Waals surface area contributed by atoms with Crippen molar-refractivity contribution in [2.75, 3.05) is 0 Å². The summed E-state index contributed by atoms with van der Waals surface area (Å²) in [7, 11) is 0. The van der Waals surface area contributed by atoms with Crippen LogP contribution in [0.25, 0.3) is 0 Å². The molecule has 1 heterocycles. The van der Waals surface area contributed by atoms with E-state index in [4.69, 9.17) is 10.8 Å². The minimum atomic E-state index is -1.12. The largest absolute Gasteiger partial charge is 0.480 e. The van der Waals surface area contributed by atoms with E-state index in [0.29, 0.717) is 11.5 Å². The lowest BCUT2D eigenvalue weighted by Crippen LogP contribution is -2.33. The topological polar surface area (TPSA) is 109 Å². The van der Waals surface area contributed by atoms with Gasteiger partial charge in [0.05, 0.1) is 0 Å². The van der Waals surface area contributed by atoms with Gasteiger partial charge in [-0.15, -0.1) is 0 Å². The Kier molecular flexibility index (Phi) is 2.98. The zero-order chi connectivity index (χ0) is 10.7. The van der Waals surface area contributed by atoms with E-state index in [0.717, 1.165) is 0 Å². The van der Waals surface area contributed by atoms with Crippen molar-refractivity contribution >= 4 is 5.97 Å². The van der Waals surface area contributed by atoms with E-state index >= 15 is 0 Å². The van der Waals surface area contributed by atoms with Crippen molar-refractivity contribution in [3.8, 4) is 0 Å². The molecule has 6 nitrogen and oxygen atoms in total. The molecule has 1 rings (SSSR count). The highest BCUT2D eigenvalue weighted by molar-refractivity contribution is 5.73.